The first-order valence-corrected chi connectivity index (χ1v) is 12.8. The van der Waals surface area contributed by atoms with Crippen molar-refractivity contribution in [2.24, 2.45) is 0 Å². The van der Waals surface area contributed by atoms with Gasteiger partial charge in [-0.05, 0) is 48.0 Å². The zero-order chi connectivity index (χ0) is 24.2. The van der Waals surface area contributed by atoms with Crippen LogP contribution in [0.15, 0.2) is 44.6 Å². The molecule has 0 aliphatic carbocycles. The molecule has 3 atom stereocenters. The van der Waals surface area contributed by atoms with Crippen LogP contribution in [0.3, 0.4) is 0 Å². The molecule has 2 aliphatic heterocycles. The SMILES string of the molecule is C[C@@H]1CN(c2nc(=O)n3c4c(c(Br)c(C(F)(F)F)cc24)SC[C@@H](c2ccccn2)C3)C[C@H](C)N1. The molecule has 0 unspecified atom stereocenters. The van der Waals surface area contributed by atoms with Crippen molar-refractivity contribution < 1.29 is 13.2 Å². The lowest BCUT2D eigenvalue weighted by molar-refractivity contribution is -0.138. The molecule has 0 spiro atoms. The first-order chi connectivity index (χ1) is 16.1. The molecule has 1 aromatic carbocycles. The molecule has 1 fully saturated rings. The molecule has 6 nitrogen and oxygen atoms in total. The molecule has 34 heavy (non-hydrogen) atoms. The highest BCUT2D eigenvalue weighted by Crippen LogP contribution is 2.47. The molecule has 180 valence electrons. The maximum atomic E-state index is 14.1. The van der Waals surface area contributed by atoms with Gasteiger partial charge in [0, 0.05) is 70.0 Å². The largest absolute Gasteiger partial charge is 0.417 e. The number of nitrogens with zero attached hydrogens (tertiary/aromatic N) is 4. The van der Waals surface area contributed by atoms with Crippen molar-refractivity contribution in [1.29, 1.82) is 0 Å². The number of aromatic nitrogens is 3. The van der Waals surface area contributed by atoms with Gasteiger partial charge >= 0.3 is 11.9 Å². The average molecular weight is 554 g/mol. The van der Waals surface area contributed by atoms with Gasteiger partial charge in [0.15, 0.2) is 0 Å². The second-order valence-electron chi connectivity index (χ2n) is 8.93. The number of pyridine rings is 1. The summed E-state index contributed by atoms with van der Waals surface area (Å²) in [4.78, 5) is 24.5. The van der Waals surface area contributed by atoms with Crippen molar-refractivity contribution >= 4 is 44.4 Å². The smallest absolute Gasteiger partial charge is 0.353 e. The standard InChI is InChI=1S/C23H23BrF3N5OS/c1-12-8-31(9-13(2)29-12)21-15-7-16(23(25,26)27)18(24)20-19(15)32(22(33)30-21)10-14(11-34-20)17-5-3-4-6-28-17/h3-7,12-14,29H,8-11H2,1-2H3/t12-,13+,14-/m0/s1. The fraction of sp³-hybridized carbons (Fsp3) is 0.435. The quantitative estimate of drug-likeness (QED) is 0.498. The highest BCUT2D eigenvalue weighted by Gasteiger charge is 2.38. The molecule has 0 radical (unpaired) electrons. The Bertz CT molecular complexity index is 1290. The summed E-state index contributed by atoms with van der Waals surface area (Å²) in [5.74, 6) is 0.657. The molecule has 3 aromatic rings. The van der Waals surface area contributed by atoms with Crippen LogP contribution in [0.1, 0.15) is 31.0 Å². The van der Waals surface area contributed by atoms with Gasteiger partial charge in [-0.1, -0.05) is 6.07 Å². The highest BCUT2D eigenvalue weighted by atomic mass is 79.9. The van der Waals surface area contributed by atoms with E-state index >= 15 is 0 Å². The van der Waals surface area contributed by atoms with E-state index in [1.807, 2.05) is 36.9 Å². The van der Waals surface area contributed by atoms with Crippen molar-refractivity contribution in [2.45, 2.75) is 49.5 Å². The van der Waals surface area contributed by atoms with Crippen molar-refractivity contribution in [1.82, 2.24) is 19.9 Å². The summed E-state index contributed by atoms with van der Waals surface area (Å²) in [6.07, 6.45) is -2.87. The van der Waals surface area contributed by atoms with E-state index in [9.17, 15) is 18.0 Å². The molecule has 2 aliphatic rings. The van der Waals surface area contributed by atoms with Crippen LogP contribution in [0.4, 0.5) is 19.0 Å². The van der Waals surface area contributed by atoms with Gasteiger partial charge in [0.25, 0.3) is 0 Å². The fourth-order valence-corrected chi connectivity index (χ4v) is 6.98. The first-order valence-electron chi connectivity index (χ1n) is 11.0. The number of halogens is 4. The minimum absolute atomic E-state index is 0.0356. The van der Waals surface area contributed by atoms with E-state index in [2.05, 4.69) is 31.2 Å². The maximum absolute atomic E-state index is 14.1. The zero-order valence-corrected chi connectivity index (χ0v) is 21.0. The topological polar surface area (TPSA) is 63.1 Å². The predicted molar refractivity (Wildman–Crippen MR) is 131 cm³/mol. The minimum Gasteiger partial charge on any atom is -0.353 e. The summed E-state index contributed by atoms with van der Waals surface area (Å²) < 4.78 is 43.7. The van der Waals surface area contributed by atoms with Gasteiger partial charge in [-0.25, -0.2) is 4.79 Å². The minimum atomic E-state index is -4.56. The van der Waals surface area contributed by atoms with E-state index in [0.717, 1.165) is 11.8 Å². The van der Waals surface area contributed by atoms with Crippen LogP contribution in [0.2, 0.25) is 0 Å². The van der Waals surface area contributed by atoms with Crippen molar-refractivity contribution in [3.63, 3.8) is 0 Å². The molecule has 11 heteroatoms. The van der Waals surface area contributed by atoms with Crippen LogP contribution in [0.25, 0.3) is 10.9 Å². The van der Waals surface area contributed by atoms with Gasteiger partial charge in [0.2, 0.25) is 0 Å². The van der Waals surface area contributed by atoms with Crippen LogP contribution < -0.4 is 15.9 Å². The normalized spacial score (nSPS) is 23.2. The van der Waals surface area contributed by atoms with E-state index < -0.39 is 17.4 Å². The Morgan fingerprint density at radius 1 is 1.18 bits per heavy atom. The Balaban J connectivity index is 1.76. The van der Waals surface area contributed by atoms with Crippen LogP contribution in [0, 0.1) is 0 Å². The lowest BCUT2D eigenvalue weighted by Crippen LogP contribution is -2.55. The predicted octanol–water partition coefficient (Wildman–Crippen LogP) is 4.65. The molecule has 1 saturated heterocycles. The Morgan fingerprint density at radius 2 is 1.91 bits per heavy atom. The number of alkyl halides is 3. The average Bonchev–Trinajstić information content (AvgIpc) is 2.98. The van der Waals surface area contributed by atoms with Crippen molar-refractivity contribution in [3.8, 4) is 0 Å². The van der Waals surface area contributed by atoms with Crippen LogP contribution in [-0.4, -0.2) is 45.5 Å². The Hall–Kier alpha value is -2.11. The monoisotopic (exact) mass is 553 g/mol. The van der Waals surface area contributed by atoms with Crippen LogP contribution in [0.5, 0.6) is 0 Å². The molecule has 0 bridgehead atoms. The molecule has 4 heterocycles. The summed E-state index contributed by atoms with van der Waals surface area (Å²) in [7, 11) is 0. The summed E-state index contributed by atoms with van der Waals surface area (Å²) in [6.45, 7) is 5.41. The zero-order valence-electron chi connectivity index (χ0n) is 18.6. The molecule has 0 amide bonds. The number of piperazine rings is 1. The molecular weight excluding hydrogens is 531 g/mol. The Kier molecular flexibility index (Phi) is 6.14. The third-order valence-corrected chi connectivity index (χ3v) is 8.58. The lowest BCUT2D eigenvalue weighted by Gasteiger charge is -2.37. The van der Waals surface area contributed by atoms with E-state index in [1.54, 1.807) is 6.20 Å². The number of rotatable bonds is 2. The van der Waals surface area contributed by atoms with Crippen molar-refractivity contribution in [3.05, 3.63) is 56.7 Å². The second-order valence-corrected chi connectivity index (χ2v) is 10.7. The van der Waals surface area contributed by atoms with Gasteiger partial charge in [0.05, 0.1) is 11.1 Å². The summed E-state index contributed by atoms with van der Waals surface area (Å²) >= 11 is 4.55. The van der Waals surface area contributed by atoms with E-state index in [-0.39, 0.29) is 22.5 Å². The van der Waals surface area contributed by atoms with Crippen molar-refractivity contribution in [2.75, 3.05) is 23.7 Å². The van der Waals surface area contributed by atoms with Gasteiger partial charge in [-0.3, -0.25) is 9.55 Å². The Labute approximate surface area is 207 Å². The van der Waals surface area contributed by atoms with Gasteiger partial charge in [0.1, 0.15) is 5.82 Å². The van der Waals surface area contributed by atoms with Gasteiger partial charge in [-0.15, -0.1) is 11.8 Å². The van der Waals surface area contributed by atoms with Gasteiger partial charge in [-0.2, -0.15) is 18.2 Å². The summed E-state index contributed by atoms with van der Waals surface area (Å²) in [6, 6.07) is 6.92. The lowest BCUT2D eigenvalue weighted by atomic mass is 10.1. The number of benzene rings is 1. The molecule has 1 N–H and O–H groups in total. The number of nitrogens with one attached hydrogen (secondary N) is 1. The van der Waals surface area contributed by atoms with E-state index in [4.69, 9.17) is 0 Å². The third kappa shape index (κ3) is 4.22. The molecule has 2 aromatic heterocycles. The molecule has 0 saturated carbocycles. The number of hydrogen-bond acceptors (Lipinski definition) is 6. The summed E-state index contributed by atoms with van der Waals surface area (Å²) in [5, 5.41) is 3.76. The highest BCUT2D eigenvalue weighted by molar-refractivity contribution is 9.10. The van der Waals surface area contributed by atoms with E-state index in [0.29, 0.717) is 47.0 Å². The third-order valence-electron chi connectivity index (χ3n) is 6.24. The first kappa shape index (κ1) is 23.6. The van der Waals surface area contributed by atoms with Crippen LogP contribution in [-0.2, 0) is 12.7 Å². The summed E-state index contributed by atoms with van der Waals surface area (Å²) in [5.41, 5.74) is 0.0712. The Morgan fingerprint density at radius 3 is 2.56 bits per heavy atom. The molecular formula is C23H23BrF3N5OS. The van der Waals surface area contributed by atoms with Crippen LogP contribution >= 0.6 is 27.7 Å². The van der Waals surface area contributed by atoms with E-state index in [1.165, 1.54) is 16.3 Å². The fourth-order valence-electron chi connectivity index (χ4n) is 4.87. The molecule has 5 rings (SSSR count). The maximum Gasteiger partial charge on any atom is 0.417 e. The second kappa shape index (κ2) is 8.83. The number of thioether (sulfide) groups is 1. The number of anilines is 1. The number of hydrogen-bond donors (Lipinski definition) is 1. The van der Waals surface area contributed by atoms with Gasteiger partial charge < -0.3 is 10.2 Å².